The van der Waals surface area contributed by atoms with Crippen molar-refractivity contribution in [1.29, 1.82) is 0 Å². The lowest BCUT2D eigenvalue weighted by molar-refractivity contribution is 0.0693. The SMILES string of the molecule is CN1C(=O)c2ccc(NCc3ccsc3)cc2C1=O. The Balaban J connectivity index is 1.83. The minimum absolute atomic E-state index is 0.232. The summed E-state index contributed by atoms with van der Waals surface area (Å²) in [5.41, 5.74) is 3.00. The van der Waals surface area contributed by atoms with Crippen LogP contribution < -0.4 is 5.32 Å². The maximum absolute atomic E-state index is 11.9. The molecule has 96 valence electrons. The second kappa shape index (κ2) is 4.51. The fourth-order valence-corrected chi connectivity index (χ4v) is 2.74. The molecule has 4 nitrogen and oxygen atoms in total. The second-order valence-corrected chi connectivity index (χ2v) is 5.19. The molecule has 0 radical (unpaired) electrons. The molecule has 0 unspecified atom stereocenters. The van der Waals surface area contributed by atoms with Gasteiger partial charge < -0.3 is 5.32 Å². The Morgan fingerprint density at radius 3 is 2.68 bits per heavy atom. The number of hydrogen-bond donors (Lipinski definition) is 1. The maximum atomic E-state index is 11.9. The molecule has 0 bridgehead atoms. The molecule has 2 aromatic rings. The largest absolute Gasteiger partial charge is 0.381 e. The second-order valence-electron chi connectivity index (χ2n) is 4.41. The highest BCUT2D eigenvalue weighted by molar-refractivity contribution is 7.07. The Labute approximate surface area is 114 Å². The summed E-state index contributed by atoms with van der Waals surface area (Å²) in [5.74, 6) is -0.469. The Kier molecular flexibility index (Phi) is 2.83. The van der Waals surface area contributed by atoms with Gasteiger partial charge in [0.25, 0.3) is 11.8 Å². The predicted molar refractivity (Wildman–Crippen MR) is 74.5 cm³/mol. The topological polar surface area (TPSA) is 49.4 Å². The van der Waals surface area contributed by atoms with E-state index in [2.05, 4.69) is 10.7 Å². The van der Waals surface area contributed by atoms with Crippen LogP contribution in [0.25, 0.3) is 0 Å². The van der Waals surface area contributed by atoms with Gasteiger partial charge in [-0.3, -0.25) is 14.5 Å². The molecular weight excluding hydrogens is 260 g/mol. The van der Waals surface area contributed by atoms with Gasteiger partial charge in [0.05, 0.1) is 11.1 Å². The number of thiophene rings is 1. The Hall–Kier alpha value is -2.14. The van der Waals surface area contributed by atoms with E-state index < -0.39 is 0 Å². The first-order chi connectivity index (χ1) is 9.16. The molecule has 0 spiro atoms. The minimum Gasteiger partial charge on any atom is -0.381 e. The summed E-state index contributed by atoms with van der Waals surface area (Å²) in [6.45, 7) is 0.709. The van der Waals surface area contributed by atoms with Crippen LogP contribution in [0.3, 0.4) is 0 Å². The highest BCUT2D eigenvalue weighted by Crippen LogP contribution is 2.25. The number of carbonyl (C=O) groups is 2. The first-order valence-corrected chi connectivity index (χ1v) is 6.82. The van der Waals surface area contributed by atoms with Gasteiger partial charge in [-0.25, -0.2) is 0 Å². The number of carbonyl (C=O) groups excluding carboxylic acids is 2. The van der Waals surface area contributed by atoms with Crippen LogP contribution in [0.4, 0.5) is 5.69 Å². The van der Waals surface area contributed by atoms with E-state index >= 15 is 0 Å². The summed E-state index contributed by atoms with van der Waals surface area (Å²) in [6, 6.07) is 7.32. The lowest BCUT2D eigenvalue weighted by atomic mass is 10.1. The van der Waals surface area contributed by atoms with Gasteiger partial charge in [-0.2, -0.15) is 11.3 Å². The fourth-order valence-electron chi connectivity index (χ4n) is 2.07. The quantitative estimate of drug-likeness (QED) is 0.874. The van der Waals surface area contributed by atoms with E-state index in [1.807, 2.05) is 17.5 Å². The normalized spacial score (nSPS) is 13.8. The average Bonchev–Trinajstić information content (AvgIpc) is 3.01. The molecule has 1 aliphatic rings. The van der Waals surface area contributed by atoms with Gasteiger partial charge in [0.1, 0.15) is 0 Å². The van der Waals surface area contributed by atoms with Crippen molar-refractivity contribution < 1.29 is 9.59 Å². The van der Waals surface area contributed by atoms with Gasteiger partial charge in [0, 0.05) is 19.3 Å². The highest BCUT2D eigenvalue weighted by Gasteiger charge is 2.32. The molecule has 2 amide bonds. The van der Waals surface area contributed by atoms with Crippen LogP contribution in [0.5, 0.6) is 0 Å². The molecule has 0 atom stereocenters. The molecule has 3 rings (SSSR count). The molecular formula is C14H12N2O2S. The number of imide groups is 1. The number of hydrogen-bond acceptors (Lipinski definition) is 4. The van der Waals surface area contributed by atoms with E-state index in [4.69, 9.17) is 0 Å². The molecule has 19 heavy (non-hydrogen) atoms. The number of anilines is 1. The number of amides is 2. The van der Waals surface area contributed by atoms with Gasteiger partial charge in [0.15, 0.2) is 0 Å². The Morgan fingerprint density at radius 2 is 1.95 bits per heavy atom. The van der Waals surface area contributed by atoms with E-state index in [-0.39, 0.29) is 11.8 Å². The third-order valence-electron chi connectivity index (χ3n) is 3.17. The smallest absolute Gasteiger partial charge is 0.261 e. The summed E-state index contributed by atoms with van der Waals surface area (Å²) in [7, 11) is 1.50. The zero-order valence-electron chi connectivity index (χ0n) is 10.3. The zero-order chi connectivity index (χ0) is 13.4. The van der Waals surface area contributed by atoms with E-state index in [0.717, 1.165) is 10.6 Å². The number of benzene rings is 1. The van der Waals surface area contributed by atoms with E-state index in [9.17, 15) is 9.59 Å². The summed E-state index contributed by atoms with van der Waals surface area (Å²) < 4.78 is 0. The average molecular weight is 272 g/mol. The maximum Gasteiger partial charge on any atom is 0.261 e. The third-order valence-corrected chi connectivity index (χ3v) is 3.90. The predicted octanol–water partition coefficient (Wildman–Crippen LogP) is 2.59. The first-order valence-electron chi connectivity index (χ1n) is 5.88. The van der Waals surface area contributed by atoms with Gasteiger partial charge in [0.2, 0.25) is 0 Å². The number of fused-ring (bicyclic) bond motifs is 1. The van der Waals surface area contributed by atoms with Crippen molar-refractivity contribution in [3.05, 3.63) is 51.7 Å². The van der Waals surface area contributed by atoms with E-state index in [0.29, 0.717) is 17.7 Å². The van der Waals surface area contributed by atoms with Crippen molar-refractivity contribution in [2.24, 2.45) is 0 Å². The van der Waals surface area contributed by atoms with Crippen molar-refractivity contribution in [2.45, 2.75) is 6.54 Å². The van der Waals surface area contributed by atoms with Crippen LogP contribution >= 0.6 is 11.3 Å². The van der Waals surface area contributed by atoms with Gasteiger partial charge in [-0.1, -0.05) is 0 Å². The molecule has 0 saturated carbocycles. The van der Waals surface area contributed by atoms with E-state index in [1.165, 1.54) is 12.6 Å². The zero-order valence-corrected chi connectivity index (χ0v) is 11.2. The number of nitrogens with one attached hydrogen (secondary N) is 1. The molecule has 1 aliphatic heterocycles. The summed E-state index contributed by atoms with van der Waals surface area (Å²) in [5, 5.41) is 7.35. The van der Waals surface area contributed by atoms with Crippen LogP contribution in [0.2, 0.25) is 0 Å². The lowest BCUT2D eigenvalue weighted by Gasteiger charge is -2.06. The number of nitrogens with zero attached hydrogens (tertiary/aromatic N) is 1. The van der Waals surface area contributed by atoms with Crippen LogP contribution in [0.15, 0.2) is 35.0 Å². The van der Waals surface area contributed by atoms with Crippen molar-refractivity contribution in [1.82, 2.24) is 4.90 Å². The van der Waals surface area contributed by atoms with Crippen LogP contribution in [-0.4, -0.2) is 23.8 Å². The fraction of sp³-hybridized carbons (Fsp3) is 0.143. The molecule has 1 aromatic heterocycles. The highest BCUT2D eigenvalue weighted by atomic mass is 32.1. The van der Waals surface area contributed by atoms with Crippen molar-refractivity contribution in [3.8, 4) is 0 Å². The lowest BCUT2D eigenvalue weighted by Crippen LogP contribution is -2.24. The van der Waals surface area contributed by atoms with Crippen molar-refractivity contribution in [3.63, 3.8) is 0 Å². The minimum atomic E-state index is -0.237. The Bertz CT molecular complexity index is 649. The monoisotopic (exact) mass is 272 g/mol. The number of rotatable bonds is 3. The van der Waals surface area contributed by atoms with Crippen LogP contribution in [0, 0.1) is 0 Å². The standard InChI is InChI=1S/C14H12N2O2S/c1-16-13(17)11-3-2-10(6-12(11)14(16)18)15-7-9-4-5-19-8-9/h2-6,8,15H,7H2,1H3. The molecule has 1 N–H and O–H groups in total. The third kappa shape index (κ3) is 2.02. The van der Waals surface area contributed by atoms with Crippen molar-refractivity contribution in [2.75, 3.05) is 12.4 Å². The van der Waals surface area contributed by atoms with Gasteiger partial charge in [-0.05, 0) is 40.6 Å². The summed E-state index contributed by atoms with van der Waals surface area (Å²) in [6.07, 6.45) is 0. The summed E-state index contributed by atoms with van der Waals surface area (Å²) in [4.78, 5) is 24.8. The molecule has 2 heterocycles. The molecule has 5 heteroatoms. The van der Waals surface area contributed by atoms with Gasteiger partial charge >= 0.3 is 0 Å². The van der Waals surface area contributed by atoms with Crippen LogP contribution in [-0.2, 0) is 6.54 Å². The van der Waals surface area contributed by atoms with Crippen LogP contribution in [0.1, 0.15) is 26.3 Å². The Morgan fingerprint density at radius 1 is 1.16 bits per heavy atom. The van der Waals surface area contributed by atoms with Gasteiger partial charge in [-0.15, -0.1) is 0 Å². The van der Waals surface area contributed by atoms with E-state index in [1.54, 1.807) is 23.5 Å². The molecule has 0 saturated heterocycles. The summed E-state index contributed by atoms with van der Waals surface area (Å²) >= 11 is 1.65. The first kappa shape index (κ1) is 11.9. The van der Waals surface area contributed by atoms with Crippen molar-refractivity contribution >= 4 is 28.8 Å². The molecule has 0 aliphatic carbocycles. The molecule has 1 aromatic carbocycles. The molecule has 0 fully saturated rings.